The molecule has 9 heteroatoms. The number of nitrogens with one attached hydrogen (secondary N) is 1. The predicted octanol–water partition coefficient (Wildman–Crippen LogP) is 2.98. The largest absolute Gasteiger partial charge is 0.452 e. The molecule has 0 aliphatic rings. The van der Waals surface area contributed by atoms with Crippen molar-refractivity contribution in [2.45, 2.75) is 6.92 Å². The van der Waals surface area contributed by atoms with E-state index in [1.54, 1.807) is 6.92 Å². The van der Waals surface area contributed by atoms with Gasteiger partial charge in [0.15, 0.2) is 6.61 Å². The van der Waals surface area contributed by atoms with Crippen LogP contribution in [0.15, 0.2) is 36.4 Å². The molecule has 0 saturated carbocycles. The van der Waals surface area contributed by atoms with Crippen molar-refractivity contribution in [1.29, 1.82) is 0 Å². The highest BCUT2D eigenvalue weighted by Crippen LogP contribution is 2.21. The predicted molar refractivity (Wildman–Crippen MR) is 83.1 cm³/mol. The Morgan fingerprint density at radius 2 is 1.92 bits per heavy atom. The van der Waals surface area contributed by atoms with E-state index >= 15 is 0 Å². The number of carbonyl (C=O) groups is 2. The number of carbonyl (C=O) groups excluding carboxylic acids is 2. The maximum Gasteiger partial charge on any atom is 0.341 e. The zero-order valence-electron chi connectivity index (χ0n) is 12.9. The summed E-state index contributed by atoms with van der Waals surface area (Å²) in [5, 5.41) is 13.1. The molecular weight excluding hydrogens is 338 g/mol. The molecule has 0 fully saturated rings. The highest BCUT2D eigenvalue weighted by atomic mass is 19.1. The Balaban J connectivity index is 1.96. The van der Waals surface area contributed by atoms with Crippen LogP contribution in [0.25, 0.3) is 0 Å². The van der Waals surface area contributed by atoms with Crippen LogP contribution in [0.4, 0.5) is 20.2 Å². The molecule has 0 unspecified atom stereocenters. The molecule has 25 heavy (non-hydrogen) atoms. The van der Waals surface area contributed by atoms with E-state index in [2.05, 4.69) is 10.1 Å². The number of anilines is 1. The summed E-state index contributed by atoms with van der Waals surface area (Å²) >= 11 is 0. The monoisotopic (exact) mass is 350 g/mol. The Morgan fingerprint density at radius 3 is 2.52 bits per heavy atom. The standard InChI is InChI=1S/C16H12F2N2O5/c1-9-6-11(20(23)24)3-5-14(9)19-15(21)8-25-16(22)12-4-2-10(17)7-13(12)18/h2-7H,8H2,1H3,(H,19,21). The summed E-state index contributed by atoms with van der Waals surface area (Å²) in [4.78, 5) is 33.5. The highest BCUT2D eigenvalue weighted by Gasteiger charge is 2.16. The topological polar surface area (TPSA) is 98.5 Å². The number of hydrogen-bond acceptors (Lipinski definition) is 5. The number of aryl methyl sites for hydroxylation is 1. The summed E-state index contributed by atoms with van der Waals surface area (Å²) in [5.41, 5.74) is 0.118. The maximum absolute atomic E-state index is 13.4. The van der Waals surface area contributed by atoms with Crippen LogP contribution in [-0.2, 0) is 9.53 Å². The van der Waals surface area contributed by atoms with E-state index in [4.69, 9.17) is 0 Å². The molecule has 0 bridgehead atoms. The summed E-state index contributed by atoms with van der Waals surface area (Å²) < 4.78 is 30.9. The van der Waals surface area contributed by atoms with Gasteiger partial charge in [-0.15, -0.1) is 0 Å². The van der Waals surface area contributed by atoms with Crippen molar-refractivity contribution in [3.05, 3.63) is 69.3 Å². The van der Waals surface area contributed by atoms with Gasteiger partial charge in [0.1, 0.15) is 11.6 Å². The molecule has 0 spiro atoms. The Hall–Kier alpha value is -3.36. The SMILES string of the molecule is Cc1cc([N+](=O)[O-])ccc1NC(=O)COC(=O)c1ccc(F)cc1F. The van der Waals surface area contributed by atoms with Crippen LogP contribution in [0.1, 0.15) is 15.9 Å². The smallest absolute Gasteiger partial charge is 0.341 e. The minimum absolute atomic E-state index is 0.131. The van der Waals surface area contributed by atoms with Gasteiger partial charge in [0.05, 0.1) is 10.5 Å². The molecule has 0 atom stereocenters. The lowest BCUT2D eigenvalue weighted by Gasteiger charge is -2.09. The number of nitrogens with zero attached hydrogens (tertiary/aromatic N) is 1. The van der Waals surface area contributed by atoms with Crippen LogP contribution in [0, 0.1) is 28.7 Å². The third-order valence-corrected chi connectivity index (χ3v) is 3.18. The van der Waals surface area contributed by atoms with Crippen LogP contribution >= 0.6 is 0 Å². The van der Waals surface area contributed by atoms with Gasteiger partial charge in [0.2, 0.25) is 0 Å². The van der Waals surface area contributed by atoms with E-state index in [-0.39, 0.29) is 5.69 Å². The number of esters is 1. The third kappa shape index (κ3) is 4.56. The number of halogens is 2. The van der Waals surface area contributed by atoms with Gasteiger partial charge in [-0.2, -0.15) is 0 Å². The van der Waals surface area contributed by atoms with E-state index in [1.165, 1.54) is 18.2 Å². The summed E-state index contributed by atoms with van der Waals surface area (Å²) in [6.07, 6.45) is 0. The highest BCUT2D eigenvalue weighted by molar-refractivity contribution is 5.96. The van der Waals surface area contributed by atoms with Crippen molar-refractivity contribution in [3.8, 4) is 0 Å². The van der Waals surface area contributed by atoms with Crippen LogP contribution in [0.5, 0.6) is 0 Å². The molecule has 7 nitrogen and oxygen atoms in total. The second-order valence-electron chi connectivity index (χ2n) is 5.00. The van der Waals surface area contributed by atoms with E-state index in [9.17, 15) is 28.5 Å². The molecule has 130 valence electrons. The fraction of sp³-hybridized carbons (Fsp3) is 0.125. The third-order valence-electron chi connectivity index (χ3n) is 3.18. The number of nitro groups is 1. The Bertz CT molecular complexity index is 854. The summed E-state index contributed by atoms with van der Waals surface area (Å²) in [6, 6.07) is 6.15. The Morgan fingerprint density at radius 1 is 1.20 bits per heavy atom. The normalized spacial score (nSPS) is 10.2. The average molecular weight is 350 g/mol. The minimum atomic E-state index is -1.12. The molecule has 2 aromatic rings. The van der Waals surface area contributed by atoms with E-state index in [1.807, 2.05) is 0 Å². The summed E-state index contributed by atoms with van der Waals surface area (Å²) in [5.74, 6) is -3.78. The lowest BCUT2D eigenvalue weighted by molar-refractivity contribution is -0.384. The van der Waals surface area contributed by atoms with Crippen molar-refractivity contribution < 1.29 is 28.0 Å². The Labute approximate surface area is 140 Å². The molecular formula is C16H12F2N2O5. The minimum Gasteiger partial charge on any atom is -0.452 e. The van der Waals surface area contributed by atoms with Crippen molar-refractivity contribution in [1.82, 2.24) is 0 Å². The number of ether oxygens (including phenoxy) is 1. The lowest BCUT2D eigenvalue weighted by Crippen LogP contribution is -2.21. The first-order valence-corrected chi connectivity index (χ1v) is 6.95. The number of benzene rings is 2. The van der Waals surface area contributed by atoms with Crippen LogP contribution in [0.3, 0.4) is 0 Å². The molecule has 2 aromatic carbocycles. The molecule has 0 radical (unpaired) electrons. The van der Waals surface area contributed by atoms with Crippen molar-refractivity contribution >= 4 is 23.3 Å². The maximum atomic E-state index is 13.4. The zero-order valence-corrected chi connectivity index (χ0v) is 12.9. The van der Waals surface area contributed by atoms with E-state index < -0.39 is 40.6 Å². The Kier molecular flexibility index (Phi) is 5.38. The van der Waals surface area contributed by atoms with Gasteiger partial charge in [-0.05, 0) is 30.7 Å². The number of rotatable bonds is 5. The van der Waals surface area contributed by atoms with Gasteiger partial charge in [-0.1, -0.05) is 0 Å². The second-order valence-corrected chi connectivity index (χ2v) is 5.00. The van der Waals surface area contributed by atoms with Gasteiger partial charge in [-0.3, -0.25) is 14.9 Å². The van der Waals surface area contributed by atoms with Crippen LogP contribution in [-0.4, -0.2) is 23.4 Å². The second kappa shape index (κ2) is 7.47. The molecule has 0 saturated heterocycles. The summed E-state index contributed by atoms with van der Waals surface area (Å²) in [7, 11) is 0. The first-order valence-electron chi connectivity index (χ1n) is 6.95. The molecule has 0 aliphatic heterocycles. The fourth-order valence-electron chi connectivity index (χ4n) is 1.95. The number of nitro benzene ring substituents is 1. The molecule has 1 N–H and O–H groups in total. The first kappa shape index (κ1) is 18.0. The van der Waals surface area contributed by atoms with Crippen molar-refractivity contribution in [2.24, 2.45) is 0 Å². The molecule has 0 aliphatic carbocycles. The first-order chi connectivity index (χ1) is 11.8. The van der Waals surface area contributed by atoms with Gasteiger partial charge >= 0.3 is 5.97 Å². The van der Waals surface area contributed by atoms with E-state index in [0.29, 0.717) is 17.3 Å². The van der Waals surface area contributed by atoms with Gasteiger partial charge in [0, 0.05) is 23.9 Å². The van der Waals surface area contributed by atoms with Gasteiger partial charge in [0.25, 0.3) is 11.6 Å². The van der Waals surface area contributed by atoms with Gasteiger partial charge in [-0.25, -0.2) is 13.6 Å². The number of hydrogen-bond donors (Lipinski definition) is 1. The van der Waals surface area contributed by atoms with Crippen molar-refractivity contribution in [3.63, 3.8) is 0 Å². The zero-order chi connectivity index (χ0) is 18.6. The fourth-order valence-corrected chi connectivity index (χ4v) is 1.95. The molecule has 2 rings (SSSR count). The lowest BCUT2D eigenvalue weighted by atomic mass is 10.2. The van der Waals surface area contributed by atoms with Crippen LogP contribution < -0.4 is 5.32 Å². The quantitative estimate of drug-likeness (QED) is 0.508. The van der Waals surface area contributed by atoms with Gasteiger partial charge < -0.3 is 10.1 Å². The molecule has 1 amide bonds. The summed E-state index contributed by atoms with van der Waals surface area (Å²) in [6.45, 7) is 0.856. The molecule has 0 heterocycles. The van der Waals surface area contributed by atoms with E-state index in [0.717, 1.165) is 12.1 Å². The van der Waals surface area contributed by atoms with Crippen molar-refractivity contribution in [2.75, 3.05) is 11.9 Å². The van der Waals surface area contributed by atoms with Crippen LogP contribution in [0.2, 0.25) is 0 Å². The molecule has 0 aromatic heterocycles. The number of amides is 1. The average Bonchev–Trinajstić information content (AvgIpc) is 2.54. The number of non-ortho nitro benzene ring substituents is 1.